The average Bonchev–Trinajstić information content (AvgIpc) is 2.49. The molecule has 0 radical (unpaired) electrons. The van der Waals surface area contributed by atoms with Crippen molar-refractivity contribution in [3.8, 4) is 0 Å². The summed E-state index contributed by atoms with van der Waals surface area (Å²) in [5.74, 6) is -0.974. The molecule has 122 valence electrons. The molecular weight excluding hydrogens is 254 g/mol. The molecule has 0 aromatic rings. The van der Waals surface area contributed by atoms with Crippen molar-refractivity contribution in [2.45, 2.75) is 77.2 Å². The normalized spacial score (nSPS) is 13.7. The predicted molar refractivity (Wildman–Crippen MR) is 83.8 cm³/mol. The number of ether oxygens (including phenoxy) is 3. The molecule has 0 aromatic heterocycles. The lowest BCUT2D eigenvalue weighted by Gasteiger charge is -2.37. The number of rotatable bonds is 14. The van der Waals surface area contributed by atoms with Gasteiger partial charge < -0.3 is 19.5 Å². The molecule has 1 unspecified atom stereocenters. The molecule has 0 aliphatic rings. The molecule has 0 aliphatic heterocycles. The lowest BCUT2D eigenvalue weighted by molar-refractivity contribution is -0.366. The summed E-state index contributed by atoms with van der Waals surface area (Å²) in [6.45, 7) is 5.34. The van der Waals surface area contributed by atoms with Crippen LogP contribution in [0.5, 0.6) is 0 Å². The molecule has 20 heavy (non-hydrogen) atoms. The van der Waals surface area contributed by atoms with Crippen molar-refractivity contribution in [3.63, 3.8) is 0 Å². The molecule has 0 fully saturated rings. The van der Waals surface area contributed by atoms with Gasteiger partial charge in [-0.05, 0) is 19.4 Å². The molecule has 1 N–H and O–H groups in total. The van der Waals surface area contributed by atoms with E-state index in [9.17, 15) is 0 Å². The molecule has 0 heterocycles. The predicted octanol–water partition coefficient (Wildman–Crippen LogP) is 3.70. The van der Waals surface area contributed by atoms with Gasteiger partial charge in [0.05, 0.1) is 6.04 Å². The van der Waals surface area contributed by atoms with Gasteiger partial charge >= 0.3 is 0 Å². The lowest BCUT2D eigenvalue weighted by Crippen LogP contribution is -2.55. The molecule has 0 aliphatic carbocycles. The van der Waals surface area contributed by atoms with Crippen molar-refractivity contribution in [1.29, 1.82) is 0 Å². The van der Waals surface area contributed by atoms with E-state index in [1.165, 1.54) is 38.5 Å². The van der Waals surface area contributed by atoms with E-state index in [4.69, 9.17) is 14.2 Å². The first-order chi connectivity index (χ1) is 9.70. The van der Waals surface area contributed by atoms with Gasteiger partial charge in [0.15, 0.2) is 0 Å². The zero-order valence-electron chi connectivity index (χ0n) is 14.2. The van der Waals surface area contributed by atoms with Gasteiger partial charge in [0.25, 0.3) is 5.97 Å². The van der Waals surface area contributed by atoms with E-state index in [1.54, 1.807) is 21.3 Å². The van der Waals surface area contributed by atoms with E-state index in [-0.39, 0.29) is 6.04 Å². The molecule has 0 amide bonds. The summed E-state index contributed by atoms with van der Waals surface area (Å²) < 4.78 is 16.5. The van der Waals surface area contributed by atoms with Gasteiger partial charge in [-0.15, -0.1) is 0 Å². The topological polar surface area (TPSA) is 39.7 Å². The van der Waals surface area contributed by atoms with Crippen LogP contribution >= 0.6 is 0 Å². The number of hydrogen-bond acceptors (Lipinski definition) is 4. The Kier molecular flexibility index (Phi) is 12.5. The van der Waals surface area contributed by atoms with Crippen LogP contribution in [0.15, 0.2) is 0 Å². The first-order valence-corrected chi connectivity index (χ1v) is 8.09. The second-order valence-electron chi connectivity index (χ2n) is 5.28. The summed E-state index contributed by atoms with van der Waals surface area (Å²) in [6.07, 6.45) is 9.81. The Morgan fingerprint density at radius 2 is 1.35 bits per heavy atom. The van der Waals surface area contributed by atoms with Crippen molar-refractivity contribution in [2.75, 3.05) is 27.9 Å². The zero-order chi connectivity index (χ0) is 15.3. The molecule has 4 heteroatoms. The van der Waals surface area contributed by atoms with E-state index in [2.05, 4.69) is 19.2 Å². The molecule has 0 saturated heterocycles. The van der Waals surface area contributed by atoms with E-state index >= 15 is 0 Å². The van der Waals surface area contributed by atoms with E-state index in [0.717, 1.165) is 19.4 Å². The maximum Gasteiger partial charge on any atom is 0.298 e. The van der Waals surface area contributed by atoms with Crippen molar-refractivity contribution in [2.24, 2.45) is 0 Å². The van der Waals surface area contributed by atoms with Crippen LogP contribution < -0.4 is 5.32 Å². The van der Waals surface area contributed by atoms with Gasteiger partial charge in [0, 0.05) is 21.3 Å². The highest BCUT2D eigenvalue weighted by atomic mass is 16.9. The van der Waals surface area contributed by atoms with Gasteiger partial charge in [-0.3, -0.25) is 0 Å². The van der Waals surface area contributed by atoms with Gasteiger partial charge in [-0.1, -0.05) is 52.4 Å². The summed E-state index contributed by atoms with van der Waals surface area (Å²) in [7, 11) is 4.90. The minimum atomic E-state index is -0.974. The van der Waals surface area contributed by atoms with E-state index in [0.29, 0.717) is 0 Å². The average molecular weight is 289 g/mol. The zero-order valence-corrected chi connectivity index (χ0v) is 14.2. The third-order valence-corrected chi connectivity index (χ3v) is 3.77. The monoisotopic (exact) mass is 289 g/mol. The summed E-state index contributed by atoms with van der Waals surface area (Å²) >= 11 is 0. The van der Waals surface area contributed by atoms with Crippen molar-refractivity contribution < 1.29 is 14.2 Å². The van der Waals surface area contributed by atoms with Crippen molar-refractivity contribution >= 4 is 0 Å². The fourth-order valence-electron chi connectivity index (χ4n) is 2.53. The maximum absolute atomic E-state index is 5.48. The Balaban J connectivity index is 4.25. The first-order valence-electron chi connectivity index (χ1n) is 8.09. The molecule has 0 bridgehead atoms. The summed E-state index contributed by atoms with van der Waals surface area (Å²) in [6, 6.07) is 0.0635. The Hall–Kier alpha value is -0.160. The Bertz CT molecular complexity index is 200. The molecule has 0 rings (SSSR count). The second-order valence-corrected chi connectivity index (χ2v) is 5.28. The molecule has 0 spiro atoms. The van der Waals surface area contributed by atoms with Crippen molar-refractivity contribution in [3.05, 3.63) is 0 Å². The first kappa shape index (κ1) is 19.8. The van der Waals surface area contributed by atoms with Crippen LogP contribution in [0.4, 0.5) is 0 Å². The molecule has 1 atom stereocenters. The molecule has 4 nitrogen and oxygen atoms in total. The van der Waals surface area contributed by atoms with Crippen LogP contribution in [0.1, 0.15) is 65.2 Å². The van der Waals surface area contributed by atoms with Crippen molar-refractivity contribution in [1.82, 2.24) is 5.32 Å². The van der Waals surface area contributed by atoms with Gasteiger partial charge in [0.2, 0.25) is 0 Å². The summed E-state index contributed by atoms with van der Waals surface area (Å²) in [4.78, 5) is 0. The smallest absolute Gasteiger partial charge is 0.298 e. The molecule has 0 aromatic carbocycles. The SMILES string of the molecule is CCCCCCCCC(NCCC)C(OC)(OC)OC. The van der Waals surface area contributed by atoms with Gasteiger partial charge in [-0.25, -0.2) is 0 Å². The summed E-state index contributed by atoms with van der Waals surface area (Å²) in [5.41, 5.74) is 0. The van der Waals surface area contributed by atoms with Crippen LogP contribution in [0.2, 0.25) is 0 Å². The lowest BCUT2D eigenvalue weighted by atomic mass is 10.0. The van der Waals surface area contributed by atoms with Gasteiger partial charge in [-0.2, -0.15) is 0 Å². The quantitative estimate of drug-likeness (QED) is 0.391. The standard InChI is InChI=1S/C16H35NO3/c1-6-8-9-10-11-12-13-15(17-14-7-2)16(18-3,19-4)20-5/h15,17H,6-14H2,1-5H3. The molecular formula is C16H35NO3. The fraction of sp³-hybridized carbons (Fsp3) is 1.00. The van der Waals surface area contributed by atoms with Crippen LogP contribution in [0, 0.1) is 0 Å². The number of nitrogens with one attached hydrogen (secondary N) is 1. The highest BCUT2D eigenvalue weighted by Gasteiger charge is 2.39. The fourth-order valence-corrected chi connectivity index (χ4v) is 2.53. The largest absolute Gasteiger partial charge is 0.330 e. The molecule has 0 saturated carbocycles. The van der Waals surface area contributed by atoms with E-state index in [1.807, 2.05) is 0 Å². The second kappa shape index (κ2) is 12.6. The minimum Gasteiger partial charge on any atom is -0.330 e. The maximum atomic E-state index is 5.48. The Morgan fingerprint density at radius 3 is 1.85 bits per heavy atom. The van der Waals surface area contributed by atoms with Crippen LogP contribution in [0.3, 0.4) is 0 Å². The van der Waals surface area contributed by atoms with E-state index < -0.39 is 5.97 Å². The minimum absolute atomic E-state index is 0.0635. The summed E-state index contributed by atoms with van der Waals surface area (Å²) in [5, 5.41) is 3.49. The highest BCUT2D eigenvalue weighted by Crippen LogP contribution is 2.22. The Morgan fingerprint density at radius 1 is 0.800 bits per heavy atom. The third-order valence-electron chi connectivity index (χ3n) is 3.77. The Labute approximate surface area is 125 Å². The number of unbranched alkanes of at least 4 members (excludes halogenated alkanes) is 5. The van der Waals surface area contributed by atoms with Gasteiger partial charge in [0.1, 0.15) is 0 Å². The third kappa shape index (κ3) is 7.02. The number of methoxy groups -OCH3 is 3. The van der Waals surface area contributed by atoms with Crippen LogP contribution in [0.25, 0.3) is 0 Å². The van der Waals surface area contributed by atoms with Crippen LogP contribution in [-0.2, 0) is 14.2 Å². The number of hydrogen-bond donors (Lipinski definition) is 1. The highest BCUT2D eigenvalue weighted by molar-refractivity contribution is 4.78. The van der Waals surface area contributed by atoms with Crippen LogP contribution in [-0.4, -0.2) is 39.9 Å².